The minimum atomic E-state index is -4.72. The Balaban J connectivity index is 3.24. The zero-order chi connectivity index (χ0) is 12.5. The number of ether oxygens (including phenoxy) is 1. The Labute approximate surface area is 92.6 Å². The first-order valence-corrected chi connectivity index (χ1v) is 4.59. The van der Waals surface area contributed by atoms with E-state index in [1.54, 1.807) is 0 Å². The van der Waals surface area contributed by atoms with Crippen LogP contribution in [0.5, 0.6) is 5.88 Å². The topological polar surface area (TPSA) is 27.1 Å². The molecule has 1 aromatic heterocycles. The van der Waals surface area contributed by atoms with E-state index in [0.29, 0.717) is 4.68 Å². The maximum Gasteiger partial charge on any atom is 0.435 e. The molecule has 0 unspecified atom stereocenters. The average molecular weight is 262 g/mol. The Hall–Kier alpha value is -0.990. The molecule has 0 fully saturated rings. The van der Waals surface area contributed by atoms with Gasteiger partial charge < -0.3 is 4.74 Å². The lowest BCUT2D eigenvalue weighted by molar-refractivity contribution is -0.142. The summed E-state index contributed by atoms with van der Waals surface area (Å²) in [7, 11) is 1.08. The van der Waals surface area contributed by atoms with Crippen LogP contribution in [0.15, 0.2) is 0 Å². The Bertz CT molecular complexity index is 376. The number of thiol groups is 1. The number of nitrogens with zero attached hydrogens (tertiary/aromatic N) is 2. The van der Waals surface area contributed by atoms with Crippen molar-refractivity contribution in [1.82, 2.24) is 9.78 Å². The van der Waals surface area contributed by atoms with Gasteiger partial charge in [0.2, 0.25) is 5.88 Å². The molecule has 1 heterocycles. The molecular weight excluding hydrogens is 255 g/mol. The van der Waals surface area contributed by atoms with E-state index in [1.807, 2.05) is 0 Å². The first kappa shape index (κ1) is 13.1. The van der Waals surface area contributed by atoms with E-state index in [2.05, 4.69) is 22.5 Å². The van der Waals surface area contributed by atoms with Crippen molar-refractivity contribution in [3.05, 3.63) is 11.3 Å². The van der Waals surface area contributed by atoms with Crippen LogP contribution in [-0.2, 0) is 19.0 Å². The van der Waals surface area contributed by atoms with Gasteiger partial charge in [-0.25, -0.2) is 4.68 Å². The highest BCUT2D eigenvalue weighted by molar-refractivity contribution is 7.79. The van der Waals surface area contributed by atoms with Gasteiger partial charge in [0.15, 0.2) is 5.69 Å². The van der Waals surface area contributed by atoms with Gasteiger partial charge in [-0.3, -0.25) is 0 Å². The van der Waals surface area contributed by atoms with Crippen molar-refractivity contribution in [2.45, 2.75) is 18.5 Å². The molecule has 1 aromatic rings. The molecule has 16 heavy (non-hydrogen) atoms. The van der Waals surface area contributed by atoms with Crippen molar-refractivity contribution in [3.8, 4) is 5.88 Å². The number of hydrogen-bond donors (Lipinski definition) is 1. The molecule has 9 heteroatoms. The second-order valence-electron chi connectivity index (χ2n) is 2.79. The molecule has 92 valence electrons. The maximum atomic E-state index is 12.4. The number of halogens is 5. The summed E-state index contributed by atoms with van der Waals surface area (Å²) in [5.41, 5.74) is -1.76. The Morgan fingerprint density at radius 2 is 2.00 bits per heavy atom. The first-order valence-electron chi connectivity index (χ1n) is 3.96. The molecule has 0 amide bonds. The fourth-order valence-electron chi connectivity index (χ4n) is 1.15. The smallest absolute Gasteiger partial charge is 0.417 e. The zero-order valence-electron chi connectivity index (χ0n) is 7.92. The standard InChI is InChI=1S/C7H7F5N2OS/c1-14-5(15-6(8)9)3(2-16)4(13-14)7(10,11)12/h6,16H,2H2,1H3. The maximum absolute atomic E-state index is 12.4. The van der Waals surface area contributed by atoms with Crippen molar-refractivity contribution in [3.63, 3.8) is 0 Å². The summed E-state index contributed by atoms with van der Waals surface area (Å²) in [5, 5.41) is 3.09. The molecule has 0 bridgehead atoms. The SMILES string of the molecule is Cn1nc(C(F)(F)F)c(CS)c1OC(F)F. The van der Waals surface area contributed by atoms with E-state index >= 15 is 0 Å². The lowest BCUT2D eigenvalue weighted by Gasteiger charge is -2.07. The van der Waals surface area contributed by atoms with Gasteiger partial charge in [0.25, 0.3) is 0 Å². The molecule has 0 saturated heterocycles. The summed E-state index contributed by atoms with van der Waals surface area (Å²) >= 11 is 3.64. The largest absolute Gasteiger partial charge is 0.435 e. The predicted octanol–water partition coefficient (Wildman–Crippen LogP) is 2.47. The van der Waals surface area contributed by atoms with Crippen molar-refractivity contribution < 1.29 is 26.7 Å². The number of alkyl halides is 5. The van der Waals surface area contributed by atoms with Gasteiger partial charge >= 0.3 is 12.8 Å². The number of aryl methyl sites for hydroxylation is 1. The predicted molar refractivity (Wildman–Crippen MR) is 47.5 cm³/mol. The lowest BCUT2D eigenvalue weighted by atomic mass is 10.2. The van der Waals surface area contributed by atoms with Gasteiger partial charge in [0.05, 0.1) is 5.56 Å². The summed E-state index contributed by atoms with van der Waals surface area (Å²) in [6.07, 6.45) is -4.72. The molecule has 3 nitrogen and oxygen atoms in total. The molecule has 0 spiro atoms. The summed E-state index contributed by atoms with van der Waals surface area (Å²) < 4.78 is 65.7. The average Bonchev–Trinajstić information content (AvgIpc) is 2.42. The van der Waals surface area contributed by atoms with Crippen molar-refractivity contribution >= 4 is 12.6 Å². The third-order valence-corrected chi connectivity index (χ3v) is 2.03. The molecule has 0 aliphatic rings. The van der Waals surface area contributed by atoms with Crippen LogP contribution >= 0.6 is 12.6 Å². The van der Waals surface area contributed by atoms with Crippen molar-refractivity contribution in [2.75, 3.05) is 0 Å². The molecular formula is C7H7F5N2OS. The van der Waals surface area contributed by atoms with Crippen molar-refractivity contribution in [2.24, 2.45) is 7.05 Å². The van der Waals surface area contributed by atoms with Crippen LogP contribution in [0, 0.1) is 0 Å². The molecule has 0 atom stereocenters. The monoisotopic (exact) mass is 262 g/mol. The second-order valence-corrected chi connectivity index (χ2v) is 3.11. The van der Waals surface area contributed by atoms with E-state index in [4.69, 9.17) is 0 Å². The third kappa shape index (κ3) is 2.57. The summed E-state index contributed by atoms with van der Waals surface area (Å²) in [4.78, 5) is 0. The third-order valence-electron chi connectivity index (χ3n) is 1.72. The van der Waals surface area contributed by atoms with Crippen LogP contribution in [0.4, 0.5) is 22.0 Å². The van der Waals surface area contributed by atoms with E-state index in [1.165, 1.54) is 0 Å². The first-order chi connectivity index (χ1) is 7.27. The quantitative estimate of drug-likeness (QED) is 0.669. The molecule has 0 aromatic carbocycles. The van der Waals surface area contributed by atoms with Crippen LogP contribution in [0.1, 0.15) is 11.3 Å². The highest BCUT2D eigenvalue weighted by Crippen LogP contribution is 2.36. The number of rotatable bonds is 3. The van der Waals surface area contributed by atoms with Gasteiger partial charge in [0, 0.05) is 12.8 Å². The Kier molecular flexibility index (Phi) is 3.66. The molecule has 0 N–H and O–H groups in total. The van der Waals surface area contributed by atoms with E-state index in [9.17, 15) is 22.0 Å². The highest BCUT2D eigenvalue weighted by atomic mass is 32.1. The van der Waals surface area contributed by atoms with E-state index in [0.717, 1.165) is 7.05 Å². The molecule has 0 radical (unpaired) electrons. The fraction of sp³-hybridized carbons (Fsp3) is 0.571. The van der Waals surface area contributed by atoms with Gasteiger partial charge in [-0.15, -0.1) is 0 Å². The fourth-order valence-corrected chi connectivity index (χ4v) is 1.44. The normalized spacial score (nSPS) is 12.2. The summed E-state index contributed by atoms with van der Waals surface area (Å²) in [5.74, 6) is -1.03. The summed E-state index contributed by atoms with van der Waals surface area (Å²) in [6, 6.07) is 0. The van der Waals surface area contributed by atoms with Gasteiger partial charge in [0.1, 0.15) is 0 Å². The van der Waals surface area contributed by atoms with Crippen molar-refractivity contribution in [1.29, 1.82) is 0 Å². The van der Waals surface area contributed by atoms with Gasteiger partial charge in [-0.2, -0.15) is 39.7 Å². The van der Waals surface area contributed by atoms with Gasteiger partial charge in [-0.05, 0) is 0 Å². The second kappa shape index (κ2) is 4.48. The van der Waals surface area contributed by atoms with E-state index < -0.39 is 35.7 Å². The van der Waals surface area contributed by atoms with Crippen LogP contribution < -0.4 is 4.74 Å². The molecule has 1 rings (SSSR count). The minimum absolute atomic E-state index is 0.398. The van der Waals surface area contributed by atoms with Crippen LogP contribution in [0.25, 0.3) is 0 Å². The lowest BCUT2D eigenvalue weighted by Crippen LogP contribution is -2.09. The van der Waals surface area contributed by atoms with E-state index in [-0.39, 0.29) is 0 Å². The number of hydrogen-bond acceptors (Lipinski definition) is 3. The molecule has 0 saturated carbocycles. The summed E-state index contributed by atoms with van der Waals surface area (Å²) in [6.45, 7) is -3.21. The van der Waals surface area contributed by atoms with Gasteiger partial charge in [-0.1, -0.05) is 0 Å². The Morgan fingerprint density at radius 1 is 1.44 bits per heavy atom. The number of aromatic nitrogens is 2. The van der Waals surface area contributed by atoms with Crippen LogP contribution in [-0.4, -0.2) is 16.4 Å². The molecule has 0 aliphatic carbocycles. The van der Waals surface area contributed by atoms with Crippen LogP contribution in [0.2, 0.25) is 0 Å². The molecule has 0 aliphatic heterocycles. The highest BCUT2D eigenvalue weighted by Gasteiger charge is 2.39. The Morgan fingerprint density at radius 3 is 2.38 bits per heavy atom. The zero-order valence-corrected chi connectivity index (χ0v) is 8.82. The van der Waals surface area contributed by atoms with Crippen LogP contribution in [0.3, 0.4) is 0 Å². The minimum Gasteiger partial charge on any atom is -0.417 e.